The van der Waals surface area contributed by atoms with Gasteiger partial charge in [-0.25, -0.2) is 0 Å². The third-order valence-electron chi connectivity index (χ3n) is 6.53. The summed E-state index contributed by atoms with van der Waals surface area (Å²) in [6.45, 7) is 0.988. The highest BCUT2D eigenvalue weighted by molar-refractivity contribution is 5.92. The van der Waals surface area contributed by atoms with E-state index in [1.54, 1.807) is 7.11 Å². The quantitative estimate of drug-likeness (QED) is 0.805. The number of benzene rings is 2. The number of rotatable bonds is 5. The molecule has 0 radical (unpaired) electrons. The average Bonchev–Trinajstić information content (AvgIpc) is 2.74. The third kappa shape index (κ3) is 4.16. The number of nitrogens with zero attached hydrogens (tertiary/aromatic N) is 1. The number of likely N-dealkylation sites (tertiary alicyclic amines) is 1. The SMILES string of the molecule is COc1ccccc1[C@@H]1[C@@H]2CCCC[C@]2(O)CCN1CC(=O)Nc1ccccc1. The van der Waals surface area contributed by atoms with Gasteiger partial charge in [0.25, 0.3) is 0 Å². The van der Waals surface area contributed by atoms with Crippen molar-refractivity contribution < 1.29 is 14.6 Å². The zero-order chi connectivity index (χ0) is 20.3. The molecule has 2 fully saturated rings. The molecule has 0 bridgehead atoms. The molecular weight excluding hydrogens is 364 g/mol. The summed E-state index contributed by atoms with van der Waals surface area (Å²) in [7, 11) is 1.68. The Morgan fingerprint density at radius 1 is 1.14 bits per heavy atom. The van der Waals surface area contributed by atoms with E-state index in [-0.39, 0.29) is 17.9 Å². The van der Waals surface area contributed by atoms with E-state index in [1.807, 2.05) is 48.5 Å². The lowest BCUT2D eigenvalue weighted by atomic mass is 9.66. The number of methoxy groups -OCH3 is 1. The molecule has 1 aliphatic carbocycles. The van der Waals surface area contributed by atoms with Crippen molar-refractivity contribution in [2.75, 3.05) is 25.5 Å². The summed E-state index contributed by atoms with van der Waals surface area (Å²) >= 11 is 0. The predicted molar refractivity (Wildman–Crippen MR) is 114 cm³/mol. The first kappa shape index (κ1) is 19.9. The Kier molecular flexibility index (Phi) is 5.88. The van der Waals surface area contributed by atoms with Gasteiger partial charge in [-0.1, -0.05) is 49.2 Å². The van der Waals surface area contributed by atoms with Crippen molar-refractivity contribution in [2.24, 2.45) is 5.92 Å². The van der Waals surface area contributed by atoms with Crippen molar-refractivity contribution in [2.45, 2.75) is 43.7 Å². The van der Waals surface area contributed by atoms with Gasteiger partial charge in [0.05, 0.1) is 19.3 Å². The second-order valence-electron chi connectivity index (χ2n) is 8.28. The standard InChI is InChI=1S/C24H30N2O3/c1-29-21-13-6-5-11-19(21)23-20-12-7-8-14-24(20,28)15-16-26(23)17-22(27)25-18-9-3-2-4-10-18/h2-6,9-11,13,20,23,28H,7-8,12,14-17H2,1H3,(H,25,27)/t20-,23+,24-/m0/s1. The van der Waals surface area contributed by atoms with Gasteiger partial charge in [0.2, 0.25) is 5.91 Å². The fourth-order valence-electron chi connectivity index (χ4n) is 5.15. The maximum absolute atomic E-state index is 12.8. The van der Waals surface area contributed by atoms with Crippen molar-refractivity contribution in [3.63, 3.8) is 0 Å². The van der Waals surface area contributed by atoms with Crippen molar-refractivity contribution in [3.05, 3.63) is 60.2 Å². The summed E-state index contributed by atoms with van der Waals surface area (Å²) < 4.78 is 5.65. The maximum atomic E-state index is 12.8. The van der Waals surface area contributed by atoms with Gasteiger partial charge < -0.3 is 15.2 Å². The molecule has 1 saturated carbocycles. The number of carbonyl (C=O) groups excluding carboxylic acids is 1. The van der Waals surface area contributed by atoms with E-state index in [0.717, 1.165) is 42.7 Å². The minimum Gasteiger partial charge on any atom is -0.496 e. The Morgan fingerprint density at radius 3 is 2.69 bits per heavy atom. The highest BCUT2D eigenvalue weighted by Crippen LogP contribution is 2.50. The Bertz CT molecular complexity index is 841. The number of hydrogen-bond donors (Lipinski definition) is 2. The van der Waals surface area contributed by atoms with Gasteiger partial charge in [0.1, 0.15) is 5.75 Å². The molecule has 1 heterocycles. The molecule has 2 N–H and O–H groups in total. The fourth-order valence-corrected chi connectivity index (χ4v) is 5.15. The topological polar surface area (TPSA) is 61.8 Å². The van der Waals surface area contributed by atoms with E-state index < -0.39 is 5.60 Å². The lowest BCUT2D eigenvalue weighted by Gasteiger charge is -2.52. The van der Waals surface area contributed by atoms with Crippen LogP contribution < -0.4 is 10.1 Å². The Labute approximate surface area is 172 Å². The lowest BCUT2D eigenvalue weighted by molar-refractivity contribution is -0.135. The van der Waals surface area contributed by atoms with Crippen LogP contribution in [0.1, 0.15) is 43.7 Å². The second kappa shape index (κ2) is 8.56. The van der Waals surface area contributed by atoms with Crippen LogP contribution in [0, 0.1) is 5.92 Å². The lowest BCUT2D eigenvalue weighted by Crippen LogP contribution is -2.56. The first-order valence-corrected chi connectivity index (χ1v) is 10.5. The minimum atomic E-state index is -0.657. The molecule has 0 unspecified atom stereocenters. The summed E-state index contributed by atoms with van der Waals surface area (Å²) in [6.07, 6.45) is 4.70. The van der Waals surface area contributed by atoms with Gasteiger partial charge in [-0.15, -0.1) is 0 Å². The molecule has 2 aromatic rings. The van der Waals surface area contributed by atoms with Gasteiger partial charge in [-0.3, -0.25) is 9.69 Å². The molecule has 1 amide bonds. The number of piperidine rings is 1. The van der Waals surface area contributed by atoms with Crippen molar-refractivity contribution >= 4 is 11.6 Å². The number of para-hydroxylation sites is 2. The molecule has 1 saturated heterocycles. The molecule has 0 spiro atoms. The van der Waals surface area contributed by atoms with E-state index in [9.17, 15) is 9.90 Å². The van der Waals surface area contributed by atoms with Crippen LogP contribution in [0.3, 0.4) is 0 Å². The summed E-state index contributed by atoms with van der Waals surface area (Å²) in [6, 6.07) is 17.5. The van der Waals surface area contributed by atoms with Crippen LogP contribution in [0.4, 0.5) is 5.69 Å². The van der Waals surface area contributed by atoms with Gasteiger partial charge in [0.15, 0.2) is 0 Å². The van der Waals surface area contributed by atoms with Crippen molar-refractivity contribution in [1.29, 1.82) is 0 Å². The molecule has 0 aromatic heterocycles. The van der Waals surface area contributed by atoms with Crippen LogP contribution in [0.15, 0.2) is 54.6 Å². The number of nitrogens with one attached hydrogen (secondary N) is 1. The smallest absolute Gasteiger partial charge is 0.238 e. The molecule has 29 heavy (non-hydrogen) atoms. The maximum Gasteiger partial charge on any atom is 0.238 e. The Morgan fingerprint density at radius 2 is 1.90 bits per heavy atom. The first-order valence-electron chi connectivity index (χ1n) is 10.5. The largest absolute Gasteiger partial charge is 0.496 e. The monoisotopic (exact) mass is 394 g/mol. The predicted octanol–water partition coefficient (Wildman–Crippen LogP) is 4.00. The van der Waals surface area contributed by atoms with Gasteiger partial charge in [0, 0.05) is 29.8 Å². The van der Waals surface area contributed by atoms with Crippen LogP contribution >= 0.6 is 0 Å². The zero-order valence-corrected chi connectivity index (χ0v) is 17.0. The van der Waals surface area contributed by atoms with E-state index >= 15 is 0 Å². The van der Waals surface area contributed by atoms with Crippen molar-refractivity contribution in [1.82, 2.24) is 4.90 Å². The number of ether oxygens (including phenoxy) is 1. The molecule has 1 aliphatic heterocycles. The highest BCUT2D eigenvalue weighted by atomic mass is 16.5. The second-order valence-corrected chi connectivity index (χ2v) is 8.28. The first-order chi connectivity index (χ1) is 14.1. The molecule has 5 nitrogen and oxygen atoms in total. The molecule has 3 atom stereocenters. The number of aliphatic hydroxyl groups is 1. The van der Waals surface area contributed by atoms with Gasteiger partial charge >= 0.3 is 0 Å². The summed E-state index contributed by atoms with van der Waals surface area (Å²) in [5.41, 5.74) is 1.21. The van der Waals surface area contributed by atoms with E-state index in [2.05, 4.69) is 16.3 Å². The third-order valence-corrected chi connectivity index (χ3v) is 6.53. The molecule has 154 valence electrons. The Balaban J connectivity index is 1.61. The van der Waals surface area contributed by atoms with Crippen LogP contribution in [-0.2, 0) is 4.79 Å². The molecule has 5 heteroatoms. The molecule has 2 aliphatic rings. The number of anilines is 1. The molecular formula is C24H30N2O3. The molecule has 2 aromatic carbocycles. The molecule has 4 rings (SSSR count). The number of carbonyl (C=O) groups is 1. The van der Waals surface area contributed by atoms with Gasteiger partial charge in [-0.2, -0.15) is 0 Å². The van der Waals surface area contributed by atoms with Crippen LogP contribution in [0.25, 0.3) is 0 Å². The Hall–Kier alpha value is -2.37. The fraction of sp³-hybridized carbons (Fsp3) is 0.458. The summed E-state index contributed by atoms with van der Waals surface area (Å²) in [5, 5.41) is 14.4. The zero-order valence-electron chi connectivity index (χ0n) is 17.0. The number of amides is 1. The van der Waals surface area contributed by atoms with E-state index in [4.69, 9.17) is 4.74 Å². The van der Waals surface area contributed by atoms with Crippen LogP contribution in [0.5, 0.6) is 5.75 Å². The van der Waals surface area contributed by atoms with Crippen LogP contribution in [-0.4, -0.2) is 41.7 Å². The number of fused-ring (bicyclic) bond motifs is 1. The average molecular weight is 395 g/mol. The summed E-state index contributed by atoms with van der Waals surface area (Å²) in [4.78, 5) is 15.0. The highest BCUT2D eigenvalue weighted by Gasteiger charge is 2.49. The van der Waals surface area contributed by atoms with E-state index in [0.29, 0.717) is 19.5 Å². The number of hydrogen-bond acceptors (Lipinski definition) is 4. The normalized spacial score (nSPS) is 27.1. The van der Waals surface area contributed by atoms with Gasteiger partial charge in [-0.05, 0) is 37.5 Å². The minimum absolute atomic E-state index is 0.0302. The van der Waals surface area contributed by atoms with E-state index in [1.165, 1.54) is 0 Å². The summed E-state index contributed by atoms with van der Waals surface area (Å²) in [5.74, 6) is 0.893. The van der Waals surface area contributed by atoms with Crippen LogP contribution in [0.2, 0.25) is 0 Å². The van der Waals surface area contributed by atoms with Crippen molar-refractivity contribution in [3.8, 4) is 5.75 Å².